The molecule has 6 heterocycles. The average Bonchev–Trinajstić information content (AvgIpc) is 4.22. The summed E-state index contributed by atoms with van der Waals surface area (Å²) >= 11 is 12.0. The fourth-order valence-corrected chi connectivity index (χ4v) is 9.30. The maximum Gasteiger partial charge on any atom is 0.296 e. The monoisotopic (exact) mass is 983 g/mol. The zero-order valence-electron chi connectivity index (χ0n) is 37.4. The Kier molecular flexibility index (Phi) is 14.9. The van der Waals surface area contributed by atoms with Crippen molar-refractivity contribution in [3.63, 3.8) is 0 Å². The van der Waals surface area contributed by atoms with Crippen molar-refractivity contribution in [1.82, 2.24) is 20.4 Å². The van der Waals surface area contributed by atoms with Crippen molar-refractivity contribution in [2.45, 2.75) is 50.0 Å². The Labute approximate surface area is 406 Å². The SMILES string of the molecule is O=C(N[C@H](CN1CCCC1)[C@H](O)c1ccc2c(c1)OCCO2)/C(=N/O)c1cc2cc(Cl)ccc2o1.O=C(N[C@H](CN1CCCC1)[C@H](O)c1ccc2c(c1)OCCO2)C(=O)c1cc2cc(Cl)ccc2o1. The number of benzene rings is 4. The molecule has 17 nitrogen and oxygen atoms in total. The lowest BCUT2D eigenvalue weighted by Crippen LogP contribution is -2.48. The van der Waals surface area contributed by atoms with Crippen LogP contribution in [0.4, 0.5) is 0 Å². The number of Topliss-reactive ketones (excluding diaryl/α,β-unsaturated/α-hetero) is 1. The molecule has 4 aliphatic heterocycles. The molecule has 0 radical (unpaired) electrons. The summed E-state index contributed by atoms with van der Waals surface area (Å²) in [5.41, 5.74) is 1.83. The van der Waals surface area contributed by atoms with E-state index in [9.17, 15) is 29.8 Å². The number of furan rings is 2. The van der Waals surface area contributed by atoms with Gasteiger partial charge in [0.2, 0.25) is 5.71 Å². The summed E-state index contributed by atoms with van der Waals surface area (Å²) < 4.78 is 33.7. The predicted molar refractivity (Wildman–Crippen MR) is 255 cm³/mol. The van der Waals surface area contributed by atoms with Crippen molar-refractivity contribution in [3.8, 4) is 23.0 Å². The third kappa shape index (κ3) is 11.3. The van der Waals surface area contributed by atoms with Crippen molar-refractivity contribution in [1.29, 1.82) is 0 Å². The van der Waals surface area contributed by atoms with Crippen molar-refractivity contribution >= 4 is 68.4 Å². The Bertz CT molecular complexity index is 2860. The summed E-state index contributed by atoms with van der Waals surface area (Å²) in [6, 6.07) is 22.1. The molecule has 0 spiro atoms. The number of halogens is 2. The quantitative estimate of drug-likeness (QED) is 0.0252. The van der Waals surface area contributed by atoms with Gasteiger partial charge in [0.15, 0.2) is 34.5 Å². The van der Waals surface area contributed by atoms with Gasteiger partial charge in [-0.1, -0.05) is 40.5 Å². The maximum absolute atomic E-state index is 13.2. The molecular weight excluding hydrogens is 933 g/mol. The van der Waals surface area contributed by atoms with Crippen LogP contribution in [0.3, 0.4) is 0 Å². The fourth-order valence-electron chi connectivity index (χ4n) is 8.93. The van der Waals surface area contributed by atoms with Gasteiger partial charge in [0.05, 0.1) is 12.1 Å². The van der Waals surface area contributed by atoms with E-state index >= 15 is 0 Å². The molecule has 19 heteroatoms. The molecule has 4 aromatic carbocycles. The van der Waals surface area contributed by atoms with E-state index in [1.54, 1.807) is 78.9 Å². The number of oxime groups is 1. The van der Waals surface area contributed by atoms with Gasteiger partial charge in [-0.05, 0) is 136 Å². The Morgan fingerprint density at radius 3 is 1.48 bits per heavy atom. The molecule has 2 aromatic heterocycles. The minimum atomic E-state index is -1.05. The normalized spacial score (nSPS) is 17.7. The van der Waals surface area contributed by atoms with Crippen molar-refractivity contribution in [3.05, 3.63) is 118 Å². The first-order valence-corrected chi connectivity index (χ1v) is 23.6. The number of nitrogens with zero attached hydrogens (tertiary/aromatic N) is 3. The summed E-state index contributed by atoms with van der Waals surface area (Å²) in [7, 11) is 0. The lowest BCUT2D eigenvalue weighted by molar-refractivity contribution is -0.119. The number of ether oxygens (including phenoxy) is 4. The molecule has 4 atom stereocenters. The van der Waals surface area contributed by atoms with Crippen LogP contribution in [0, 0.1) is 0 Å². The molecule has 0 saturated carbocycles. The second-order valence-electron chi connectivity index (χ2n) is 17.2. The topological polar surface area (TPSA) is 218 Å². The molecule has 6 aromatic rings. The number of carbonyl (C=O) groups excluding carboxylic acids is 3. The smallest absolute Gasteiger partial charge is 0.296 e. The molecule has 2 saturated heterocycles. The molecule has 362 valence electrons. The first-order valence-electron chi connectivity index (χ1n) is 22.9. The number of aliphatic hydroxyl groups excluding tert-OH is 2. The Hall–Kier alpha value is -6.34. The third-order valence-electron chi connectivity index (χ3n) is 12.5. The van der Waals surface area contributed by atoms with Crippen molar-refractivity contribution in [2.24, 2.45) is 5.16 Å². The Balaban J connectivity index is 0.000000172. The van der Waals surface area contributed by atoms with Crippen LogP contribution in [-0.4, -0.2) is 126 Å². The van der Waals surface area contributed by atoms with Crippen LogP contribution in [0.1, 0.15) is 65.3 Å². The van der Waals surface area contributed by atoms with Gasteiger partial charge in [-0.2, -0.15) is 0 Å². The van der Waals surface area contributed by atoms with E-state index in [1.807, 2.05) is 0 Å². The summed E-state index contributed by atoms with van der Waals surface area (Å²) in [5.74, 6) is 0.0233. The number of nitrogens with one attached hydrogen (secondary N) is 2. The number of amides is 2. The largest absolute Gasteiger partial charge is 0.486 e. The maximum atomic E-state index is 13.2. The van der Waals surface area contributed by atoms with E-state index in [1.165, 1.54) is 6.07 Å². The van der Waals surface area contributed by atoms with Gasteiger partial charge in [-0.25, -0.2) is 0 Å². The number of aliphatic hydroxyl groups is 2. The molecule has 2 amide bonds. The minimum absolute atomic E-state index is 0.0801. The zero-order chi connectivity index (χ0) is 48.0. The van der Waals surface area contributed by atoms with Crippen LogP contribution in [0.5, 0.6) is 23.0 Å². The standard InChI is InChI=1S/C25H26ClN3O6.C25H25ClN2O6/c26-17-4-6-19-16(11-17)13-22(35-19)23(28-32)25(31)27-18(14-29-7-1-2-8-29)24(30)15-3-5-20-21(12-15)34-10-9-33-20;26-17-4-6-19-16(11-17)13-22(34-19)24(30)25(31)27-18(14-28-7-1-2-8-28)23(29)15-3-5-20-21(12-15)33-10-9-32-20/h3-6,11-13,18,24,30,32H,1-2,7-10,14H2,(H,27,31);3-6,11-13,18,23,29H,1-2,7-10,14H2,(H,27,31)/b28-23+;/t18-,24-;18-,23-/m11/s1. The number of hydrogen-bond donors (Lipinski definition) is 5. The number of rotatable bonds is 14. The first-order chi connectivity index (χ1) is 33.5. The average molecular weight is 985 g/mol. The van der Waals surface area contributed by atoms with Crippen LogP contribution in [0.15, 0.2) is 98.9 Å². The first kappa shape index (κ1) is 47.7. The molecular formula is C50H51Cl2N5O12. The van der Waals surface area contributed by atoms with Crippen LogP contribution in [0.25, 0.3) is 21.9 Å². The third-order valence-corrected chi connectivity index (χ3v) is 12.9. The highest BCUT2D eigenvalue weighted by Crippen LogP contribution is 2.35. The highest BCUT2D eigenvalue weighted by molar-refractivity contribution is 6.45. The number of carbonyl (C=O) groups is 3. The fraction of sp³-hybridized carbons (Fsp3) is 0.360. The summed E-state index contributed by atoms with van der Waals surface area (Å²) in [4.78, 5) is 43.3. The second-order valence-corrected chi connectivity index (χ2v) is 18.1. The van der Waals surface area contributed by atoms with E-state index in [0.717, 1.165) is 51.9 Å². The van der Waals surface area contributed by atoms with Crippen LogP contribution in [0.2, 0.25) is 10.0 Å². The minimum Gasteiger partial charge on any atom is -0.486 e. The number of hydrogen-bond acceptors (Lipinski definition) is 15. The number of ketones is 1. The molecule has 2 fully saturated rings. The van der Waals surface area contributed by atoms with Gasteiger partial charge < -0.3 is 63.6 Å². The van der Waals surface area contributed by atoms with Gasteiger partial charge in [-0.3, -0.25) is 14.4 Å². The van der Waals surface area contributed by atoms with Gasteiger partial charge in [0.25, 0.3) is 17.6 Å². The summed E-state index contributed by atoms with van der Waals surface area (Å²) in [6.45, 7) is 6.14. The van der Waals surface area contributed by atoms with Crippen LogP contribution >= 0.6 is 23.2 Å². The van der Waals surface area contributed by atoms with Crippen LogP contribution < -0.4 is 29.6 Å². The van der Waals surface area contributed by atoms with Gasteiger partial charge in [0, 0.05) is 33.9 Å². The summed E-state index contributed by atoms with van der Waals surface area (Å²) in [6.07, 6.45) is 2.15. The lowest BCUT2D eigenvalue weighted by atomic mass is 10.0. The van der Waals surface area contributed by atoms with E-state index < -0.39 is 41.9 Å². The van der Waals surface area contributed by atoms with Gasteiger partial charge >= 0.3 is 0 Å². The Morgan fingerprint density at radius 2 is 1.00 bits per heavy atom. The van der Waals surface area contributed by atoms with Gasteiger partial charge in [-0.15, -0.1) is 0 Å². The molecule has 0 aliphatic carbocycles. The molecule has 0 unspecified atom stereocenters. The number of likely N-dealkylation sites (tertiary alicyclic amines) is 2. The molecule has 5 N–H and O–H groups in total. The second kappa shape index (κ2) is 21.5. The van der Waals surface area contributed by atoms with E-state index in [-0.39, 0.29) is 17.2 Å². The molecule has 4 aliphatic rings. The summed E-state index contributed by atoms with van der Waals surface area (Å²) in [5, 5.41) is 43.2. The highest BCUT2D eigenvalue weighted by atomic mass is 35.5. The molecule has 10 rings (SSSR count). The molecule has 69 heavy (non-hydrogen) atoms. The van der Waals surface area contributed by atoms with E-state index in [0.29, 0.717) is 106 Å². The predicted octanol–water partition coefficient (Wildman–Crippen LogP) is 6.70. The zero-order valence-corrected chi connectivity index (χ0v) is 38.9. The van der Waals surface area contributed by atoms with E-state index in [4.69, 9.17) is 51.0 Å². The lowest BCUT2D eigenvalue weighted by Gasteiger charge is -2.29. The number of fused-ring (bicyclic) bond motifs is 4. The Morgan fingerprint density at radius 1 is 0.565 bits per heavy atom. The van der Waals surface area contributed by atoms with Crippen molar-refractivity contribution < 1.29 is 57.6 Å². The van der Waals surface area contributed by atoms with Gasteiger partial charge in [0.1, 0.15) is 49.8 Å². The van der Waals surface area contributed by atoms with E-state index in [2.05, 4.69) is 25.6 Å². The van der Waals surface area contributed by atoms with Crippen LogP contribution in [-0.2, 0) is 9.59 Å². The highest BCUT2D eigenvalue weighted by Gasteiger charge is 2.33. The van der Waals surface area contributed by atoms with Crippen molar-refractivity contribution in [2.75, 3.05) is 65.7 Å². The molecule has 0 bridgehead atoms.